The Kier molecular flexibility index (Phi) is 3.19. The van der Waals surface area contributed by atoms with Crippen LogP contribution in [0, 0.1) is 21.2 Å². The van der Waals surface area contributed by atoms with E-state index in [2.05, 4.69) is 65.3 Å². The molecular formula is C8H7I2N5. The van der Waals surface area contributed by atoms with Gasteiger partial charge in [-0.3, -0.25) is 4.57 Å². The molecule has 0 aromatic carbocycles. The summed E-state index contributed by atoms with van der Waals surface area (Å²) in [7, 11) is 0. The van der Waals surface area contributed by atoms with E-state index in [9.17, 15) is 0 Å². The third-order valence-electron chi connectivity index (χ3n) is 1.96. The second kappa shape index (κ2) is 4.28. The Hall–Kier alpha value is -0.320. The number of halogens is 2. The van der Waals surface area contributed by atoms with Crippen LogP contribution >= 0.6 is 45.2 Å². The third kappa shape index (κ3) is 2.12. The topological polar surface area (TPSA) is 56.5 Å². The fourth-order valence-corrected chi connectivity index (χ4v) is 1.86. The molecule has 0 unspecified atom stereocenters. The summed E-state index contributed by atoms with van der Waals surface area (Å²) in [5, 5.41) is 8.08. The molecular weight excluding hydrogens is 420 g/mol. The van der Waals surface area contributed by atoms with Gasteiger partial charge in [-0.2, -0.15) is 5.10 Å². The van der Waals surface area contributed by atoms with Gasteiger partial charge in [0.05, 0.1) is 11.4 Å². The number of imidazole rings is 1. The predicted octanol–water partition coefficient (Wildman–Crippen LogP) is 1.88. The van der Waals surface area contributed by atoms with Gasteiger partial charge in [0.15, 0.2) is 0 Å². The number of hydrogen-bond acceptors (Lipinski definition) is 4. The lowest BCUT2D eigenvalue weighted by Gasteiger charge is -2.03. The maximum Gasteiger partial charge on any atom is 0.255 e. The zero-order chi connectivity index (χ0) is 11.0. The summed E-state index contributed by atoms with van der Waals surface area (Å²) in [6, 6.07) is 0. The van der Waals surface area contributed by atoms with Gasteiger partial charge in [0.1, 0.15) is 13.7 Å². The summed E-state index contributed by atoms with van der Waals surface area (Å²) >= 11 is 4.38. The molecule has 0 aliphatic rings. The molecule has 0 atom stereocenters. The molecule has 2 heterocycles. The van der Waals surface area contributed by atoms with Crippen molar-refractivity contribution in [1.82, 2.24) is 24.7 Å². The van der Waals surface area contributed by atoms with Crippen LogP contribution in [0.25, 0.3) is 5.95 Å². The molecule has 0 fully saturated rings. The van der Waals surface area contributed by atoms with Crippen molar-refractivity contribution in [1.29, 1.82) is 0 Å². The SMILES string of the molecule is Cc1nnc(-n2cnc(I)c2I)nc1C. The van der Waals surface area contributed by atoms with E-state index in [1.807, 2.05) is 18.4 Å². The number of rotatable bonds is 1. The minimum absolute atomic E-state index is 0.568. The van der Waals surface area contributed by atoms with Gasteiger partial charge < -0.3 is 0 Å². The zero-order valence-electron chi connectivity index (χ0n) is 8.07. The predicted molar refractivity (Wildman–Crippen MR) is 71.9 cm³/mol. The summed E-state index contributed by atoms with van der Waals surface area (Å²) in [6.45, 7) is 3.81. The van der Waals surface area contributed by atoms with Crippen molar-refractivity contribution in [2.24, 2.45) is 0 Å². The quantitative estimate of drug-likeness (QED) is 0.653. The molecule has 0 spiro atoms. The van der Waals surface area contributed by atoms with E-state index in [1.54, 1.807) is 6.33 Å². The molecule has 0 amide bonds. The van der Waals surface area contributed by atoms with Crippen LogP contribution in [0.4, 0.5) is 0 Å². The van der Waals surface area contributed by atoms with Gasteiger partial charge in [0, 0.05) is 0 Å². The Morgan fingerprint density at radius 2 is 1.87 bits per heavy atom. The first-order valence-corrected chi connectivity index (χ1v) is 6.32. The van der Waals surface area contributed by atoms with Crippen LogP contribution in [-0.4, -0.2) is 24.7 Å². The van der Waals surface area contributed by atoms with Gasteiger partial charge >= 0.3 is 0 Å². The monoisotopic (exact) mass is 427 g/mol. The van der Waals surface area contributed by atoms with Crippen molar-refractivity contribution in [3.8, 4) is 5.95 Å². The minimum Gasteiger partial charge on any atom is -0.259 e. The smallest absolute Gasteiger partial charge is 0.255 e. The van der Waals surface area contributed by atoms with Crippen LogP contribution in [0.15, 0.2) is 6.33 Å². The summed E-state index contributed by atoms with van der Waals surface area (Å²) in [5.74, 6) is 0.568. The average molecular weight is 427 g/mol. The van der Waals surface area contributed by atoms with E-state index in [-0.39, 0.29) is 0 Å². The van der Waals surface area contributed by atoms with Crippen molar-refractivity contribution in [2.75, 3.05) is 0 Å². The number of aryl methyl sites for hydroxylation is 2. The van der Waals surface area contributed by atoms with Crippen molar-refractivity contribution in [3.05, 3.63) is 25.1 Å². The van der Waals surface area contributed by atoms with Gasteiger partial charge in [-0.1, -0.05) is 0 Å². The van der Waals surface area contributed by atoms with Crippen LogP contribution < -0.4 is 0 Å². The lowest BCUT2D eigenvalue weighted by Crippen LogP contribution is -2.06. The van der Waals surface area contributed by atoms with Gasteiger partial charge in [-0.15, -0.1) is 5.10 Å². The van der Waals surface area contributed by atoms with Crippen LogP contribution in [0.1, 0.15) is 11.4 Å². The zero-order valence-corrected chi connectivity index (χ0v) is 12.4. The lowest BCUT2D eigenvalue weighted by atomic mass is 10.4. The van der Waals surface area contributed by atoms with Crippen molar-refractivity contribution >= 4 is 45.2 Å². The summed E-state index contributed by atoms with van der Waals surface area (Å²) in [5.41, 5.74) is 1.74. The van der Waals surface area contributed by atoms with E-state index in [4.69, 9.17) is 0 Å². The average Bonchev–Trinajstić information content (AvgIpc) is 2.53. The second-order valence-electron chi connectivity index (χ2n) is 2.98. The fourth-order valence-electron chi connectivity index (χ4n) is 0.999. The largest absolute Gasteiger partial charge is 0.259 e. The van der Waals surface area contributed by atoms with E-state index in [0.29, 0.717) is 5.95 Å². The second-order valence-corrected chi connectivity index (χ2v) is 5.02. The maximum absolute atomic E-state index is 4.36. The van der Waals surface area contributed by atoms with Gasteiger partial charge in [0.25, 0.3) is 5.95 Å². The number of aromatic nitrogens is 5. The Balaban J connectivity index is 2.55. The van der Waals surface area contributed by atoms with E-state index in [0.717, 1.165) is 18.8 Å². The Labute approximate surface area is 114 Å². The molecule has 0 aliphatic carbocycles. The normalized spacial score (nSPS) is 10.7. The van der Waals surface area contributed by atoms with Crippen molar-refractivity contribution in [3.63, 3.8) is 0 Å². The molecule has 15 heavy (non-hydrogen) atoms. The number of hydrogen-bond donors (Lipinski definition) is 0. The molecule has 0 radical (unpaired) electrons. The van der Waals surface area contributed by atoms with E-state index >= 15 is 0 Å². The van der Waals surface area contributed by atoms with Crippen LogP contribution in [0.3, 0.4) is 0 Å². The first kappa shape index (κ1) is 11.2. The molecule has 0 saturated heterocycles. The molecule has 2 rings (SSSR count). The molecule has 0 saturated carbocycles. The Bertz CT molecular complexity index is 508. The van der Waals surface area contributed by atoms with Crippen molar-refractivity contribution in [2.45, 2.75) is 13.8 Å². The Morgan fingerprint density at radius 1 is 1.13 bits per heavy atom. The van der Waals surface area contributed by atoms with Crippen LogP contribution in [0.2, 0.25) is 0 Å². The third-order valence-corrected chi connectivity index (χ3v) is 4.82. The molecule has 2 aromatic rings. The van der Waals surface area contributed by atoms with E-state index < -0.39 is 0 Å². The molecule has 0 aliphatic heterocycles. The molecule has 2 aromatic heterocycles. The van der Waals surface area contributed by atoms with E-state index in [1.165, 1.54) is 0 Å². The molecule has 78 valence electrons. The highest BCUT2D eigenvalue weighted by Crippen LogP contribution is 2.15. The first-order valence-electron chi connectivity index (χ1n) is 4.16. The fraction of sp³-hybridized carbons (Fsp3) is 0.250. The van der Waals surface area contributed by atoms with Gasteiger partial charge in [0.2, 0.25) is 0 Å². The van der Waals surface area contributed by atoms with Gasteiger partial charge in [-0.05, 0) is 59.0 Å². The standard InChI is InChI=1S/C8H7I2N5/c1-4-5(2)13-14-8(12-4)15-3-11-6(9)7(15)10/h3H,1-2H3. The maximum atomic E-state index is 4.36. The molecule has 7 heteroatoms. The van der Waals surface area contributed by atoms with Crippen LogP contribution in [0.5, 0.6) is 0 Å². The highest BCUT2D eigenvalue weighted by atomic mass is 127. The van der Waals surface area contributed by atoms with Crippen LogP contribution in [-0.2, 0) is 0 Å². The highest BCUT2D eigenvalue weighted by molar-refractivity contribution is 14.1. The summed E-state index contributed by atoms with van der Waals surface area (Å²) < 4.78 is 3.76. The lowest BCUT2D eigenvalue weighted by molar-refractivity contribution is 0.806. The first-order chi connectivity index (χ1) is 7.09. The van der Waals surface area contributed by atoms with Gasteiger partial charge in [-0.25, -0.2) is 9.97 Å². The van der Waals surface area contributed by atoms with Crippen molar-refractivity contribution < 1.29 is 0 Å². The molecule has 0 N–H and O–H groups in total. The summed E-state index contributed by atoms with van der Waals surface area (Å²) in [4.78, 5) is 8.54. The molecule has 0 bridgehead atoms. The molecule has 5 nitrogen and oxygen atoms in total. The highest BCUT2D eigenvalue weighted by Gasteiger charge is 2.10. The Morgan fingerprint density at radius 3 is 2.40 bits per heavy atom. The number of nitrogens with zero attached hydrogens (tertiary/aromatic N) is 5. The minimum atomic E-state index is 0.568. The summed E-state index contributed by atoms with van der Waals surface area (Å²) in [6.07, 6.45) is 1.70.